The summed E-state index contributed by atoms with van der Waals surface area (Å²) in [7, 11) is 1.60. The zero-order valence-electron chi connectivity index (χ0n) is 15.1. The molecule has 0 unspecified atom stereocenters. The van der Waals surface area contributed by atoms with Crippen LogP contribution in [0.5, 0.6) is 5.75 Å². The van der Waals surface area contributed by atoms with E-state index in [4.69, 9.17) is 16.3 Å². The van der Waals surface area contributed by atoms with Crippen molar-refractivity contribution in [2.75, 3.05) is 13.7 Å². The first kappa shape index (κ1) is 20.2. The molecule has 0 aliphatic heterocycles. The van der Waals surface area contributed by atoms with Crippen molar-refractivity contribution in [1.29, 1.82) is 0 Å². The highest BCUT2D eigenvalue weighted by Crippen LogP contribution is 2.22. The summed E-state index contributed by atoms with van der Waals surface area (Å²) in [4.78, 5) is 15.9. The van der Waals surface area contributed by atoms with Crippen molar-refractivity contribution in [3.8, 4) is 5.75 Å². The van der Waals surface area contributed by atoms with Crippen LogP contribution in [0.15, 0.2) is 40.7 Å². The largest absolute Gasteiger partial charge is 0.496 e. The first-order chi connectivity index (χ1) is 11.9. The van der Waals surface area contributed by atoms with E-state index in [0.717, 1.165) is 29.7 Å². The number of benzene rings is 1. The van der Waals surface area contributed by atoms with Crippen LogP contribution in [0.1, 0.15) is 30.9 Å². The Morgan fingerprint density at radius 3 is 2.72 bits per heavy atom. The van der Waals surface area contributed by atoms with Crippen molar-refractivity contribution in [2.45, 2.75) is 26.7 Å². The maximum Gasteiger partial charge on any atom is 0.269 e. The average molecular weight is 345 g/mol. The number of aryl methyl sites for hydroxylation is 1. The van der Waals surface area contributed by atoms with Gasteiger partial charge in [0.15, 0.2) is 0 Å². The van der Waals surface area contributed by atoms with Crippen LogP contribution in [-0.4, -0.2) is 26.3 Å². The number of aliphatic imine (C=N–C) groups is 1. The molecule has 0 bridgehead atoms. The Morgan fingerprint density at radius 1 is 1.44 bits per heavy atom. The molecule has 0 aromatic heterocycles. The molecule has 1 aromatic carbocycles. The Morgan fingerprint density at radius 2 is 2.16 bits per heavy atom. The minimum Gasteiger partial charge on any atom is -0.496 e. The van der Waals surface area contributed by atoms with E-state index >= 15 is 0 Å². The number of hydrogen-bond acceptors (Lipinski definition) is 6. The summed E-state index contributed by atoms with van der Waals surface area (Å²) in [5, 5.41) is 2.79. The minimum absolute atomic E-state index is 0.0343. The van der Waals surface area contributed by atoms with Crippen LogP contribution in [0.4, 0.5) is 0 Å². The lowest BCUT2D eigenvalue weighted by atomic mass is 10.1. The molecule has 1 aromatic rings. The SMILES string of the molecule is C=N/C=C(\C)CCCNC(=O)/C(N)=C(/NN)c1ccc(OC)c(C)c1. The molecule has 0 saturated carbocycles. The molecule has 25 heavy (non-hydrogen) atoms. The van der Waals surface area contributed by atoms with Gasteiger partial charge in [-0.3, -0.25) is 15.6 Å². The number of nitrogens with two attached hydrogens (primary N) is 2. The highest BCUT2D eigenvalue weighted by molar-refractivity contribution is 5.99. The van der Waals surface area contributed by atoms with E-state index in [0.29, 0.717) is 17.8 Å². The number of hydrogen-bond donors (Lipinski definition) is 4. The topological polar surface area (TPSA) is 115 Å². The van der Waals surface area contributed by atoms with Crippen LogP contribution >= 0.6 is 0 Å². The van der Waals surface area contributed by atoms with Gasteiger partial charge in [-0.15, -0.1) is 0 Å². The van der Waals surface area contributed by atoms with E-state index in [1.54, 1.807) is 25.4 Å². The first-order valence-corrected chi connectivity index (χ1v) is 7.95. The van der Waals surface area contributed by atoms with E-state index in [1.165, 1.54) is 0 Å². The number of methoxy groups -OCH3 is 1. The van der Waals surface area contributed by atoms with Crippen LogP contribution < -0.4 is 27.1 Å². The molecular weight excluding hydrogens is 318 g/mol. The van der Waals surface area contributed by atoms with E-state index in [9.17, 15) is 4.79 Å². The lowest BCUT2D eigenvalue weighted by molar-refractivity contribution is -0.117. The van der Waals surface area contributed by atoms with E-state index in [1.807, 2.05) is 19.9 Å². The van der Waals surface area contributed by atoms with Gasteiger partial charge in [0.1, 0.15) is 11.4 Å². The maximum atomic E-state index is 12.2. The zero-order valence-corrected chi connectivity index (χ0v) is 15.1. The molecule has 0 heterocycles. The van der Waals surface area contributed by atoms with E-state index in [2.05, 4.69) is 22.5 Å². The number of rotatable bonds is 9. The van der Waals surface area contributed by atoms with Gasteiger partial charge >= 0.3 is 0 Å². The predicted molar refractivity (Wildman–Crippen MR) is 102 cm³/mol. The second kappa shape index (κ2) is 10.1. The van der Waals surface area contributed by atoms with Gasteiger partial charge in [-0.1, -0.05) is 5.57 Å². The predicted octanol–water partition coefficient (Wildman–Crippen LogP) is 1.60. The molecule has 0 fully saturated rings. The normalized spacial score (nSPS) is 12.2. The minimum atomic E-state index is -0.370. The summed E-state index contributed by atoms with van der Waals surface area (Å²) in [6.45, 7) is 7.78. The Hall–Kier alpha value is -2.80. The Labute approximate surface area is 148 Å². The van der Waals surface area contributed by atoms with Crippen LogP contribution in [0, 0.1) is 6.92 Å². The van der Waals surface area contributed by atoms with Crippen LogP contribution in [0.3, 0.4) is 0 Å². The van der Waals surface area contributed by atoms with E-state index < -0.39 is 0 Å². The number of nitrogens with one attached hydrogen (secondary N) is 2. The quantitative estimate of drug-likeness (QED) is 0.178. The van der Waals surface area contributed by atoms with Crippen molar-refractivity contribution < 1.29 is 9.53 Å². The Bertz CT molecular complexity index is 680. The maximum absolute atomic E-state index is 12.2. The molecule has 0 spiro atoms. The molecule has 7 nitrogen and oxygen atoms in total. The number of ether oxygens (including phenoxy) is 1. The fourth-order valence-corrected chi connectivity index (χ4v) is 2.35. The summed E-state index contributed by atoms with van der Waals surface area (Å²) in [5.74, 6) is 5.95. The molecule has 0 atom stereocenters. The highest BCUT2D eigenvalue weighted by atomic mass is 16.5. The number of carbonyl (C=O) groups excluding carboxylic acids is 1. The second-order valence-electron chi connectivity index (χ2n) is 5.63. The summed E-state index contributed by atoms with van der Waals surface area (Å²) < 4.78 is 5.23. The lowest BCUT2D eigenvalue weighted by Gasteiger charge is -2.14. The molecule has 136 valence electrons. The first-order valence-electron chi connectivity index (χ1n) is 7.95. The standard InChI is InChI=1S/C18H27N5O2/c1-12(11-21-3)6-5-9-22-18(24)16(19)17(23-20)14-7-8-15(25-4)13(2)10-14/h7-8,10-11,23H,3,5-6,9,19-20H2,1-2,4H3,(H,22,24)/b12-11+,17-16-. The van der Waals surface area contributed by atoms with Crippen molar-refractivity contribution in [3.05, 3.63) is 46.8 Å². The number of allylic oxidation sites excluding steroid dienone is 1. The van der Waals surface area contributed by atoms with Crippen molar-refractivity contribution in [3.63, 3.8) is 0 Å². The smallest absolute Gasteiger partial charge is 0.269 e. The van der Waals surface area contributed by atoms with Gasteiger partial charge in [0.2, 0.25) is 0 Å². The fraction of sp³-hybridized carbons (Fsp3) is 0.333. The van der Waals surface area contributed by atoms with E-state index in [-0.39, 0.29) is 11.6 Å². The number of nitrogens with zero attached hydrogens (tertiary/aromatic N) is 1. The van der Waals surface area contributed by atoms with Gasteiger partial charge in [0, 0.05) is 18.3 Å². The Balaban J connectivity index is 2.79. The van der Waals surface area contributed by atoms with Crippen LogP contribution in [-0.2, 0) is 4.79 Å². The highest BCUT2D eigenvalue weighted by Gasteiger charge is 2.14. The van der Waals surface area contributed by atoms with Gasteiger partial charge in [-0.05, 0) is 57.2 Å². The van der Waals surface area contributed by atoms with Gasteiger partial charge in [-0.25, -0.2) is 0 Å². The van der Waals surface area contributed by atoms with Crippen molar-refractivity contribution in [2.24, 2.45) is 16.6 Å². The van der Waals surface area contributed by atoms with Crippen LogP contribution in [0.25, 0.3) is 5.70 Å². The number of hydrazine groups is 1. The summed E-state index contributed by atoms with van der Waals surface area (Å²) in [6.07, 6.45) is 3.31. The second-order valence-corrected chi connectivity index (χ2v) is 5.63. The van der Waals surface area contributed by atoms with Crippen LogP contribution in [0.2, 0.25) is 0 Å². The summed E-state index contributed by atoms with van der Waals surface area (Å²) in [5.41, 5.74) is 11.6. The third kappa shape index (κ3) is 5.96. The third-order valence-corrected chi connectivity index (χ3v) is 3.69. The summed E-state index contributed by atoms with van der Waals surface area (Å²) >= 11 is 0. The Kier molecular flexibility index (Phi) is 8.22. The molecule has 6 N–H and O–H groups in total. The molecule has 0 aliphatic carbocycles. The van der Waals surface area contributed by atoms with Gasteiger partial charge < -0.3 is 21.2 Å². The molecule has 7 heteroatoms. The molecule has 1 rings (SSSR count). The average Bonchev–Trinajstić information content (AvgIpc) is 2.59. The number of carbonyl (C=O) groups is 1. The summed E-state index contributed by atoms with van der Waals surface area (Å²) in [6, 6.07) is 5.44. The molecule has 1 amide bonds. The number of amides is 1. The van der Waals surface area contributed by atoms with Gasteiger partial charge in [0.05, 0.1) is 12.8 Å². The van der Waals surface area contributed by atoms with Crippen molar-refractivity contribution in [1.82, 2.24) is 10.7 Å². The van der Waals surface area contributed by atoms with Crippen molar-refractivity contribution >= 4 is 18.3 Å². The zero-order chi connectivity index (χ0) is 18.8. The molecule has 0 radical (unpaired) electrons. The lowest BCUT2D eigenvalue weighted by Crippen LogP contribution is -2.34. The van der Waals surface area contributed by atoms with Gasteiger partial charge in [0.25, 0.3) is 5.91 Å². The van der Waals surface area contributed by atoms with Gasteiger partial charge in [-0.2, -0.15) is 0 Å². The molecular formula is C18H27N5O2. The molecule has 0 aliphatic rings. The molecule has 0 saturated heterocycles. The monoisotopic (exact) mass is 345 g/mol. The fourth-order valence-electron chi connectivity index (χ4n) is 2.35. The third-order valence-electron chi connectivity index (χ3n) is 3.69.